The molecule has 2 N–H and O–H groups in total. The third kappa shape index (κ3) is 5.71. The summed E-state index contributed by atoms with van der Waals surface area (Å²) in [5.74, 6) is -1.21. The number of rotatable bonds is 7. The fraction of sp³-hybridized carbons (Fsp3) is 0.0714. The number of nitrogens with one attached hydrogen (secondary N) is 2. The van der Waals surface area contributed by atoms with Crippen molar-refractivity contribution < 1.29 is 14.0 Å². The highest BCUT2D eigenvalue weighted by Gasteiger charge is 2.22. The van der Waals surface area contributed by atoms with Crippen LogP contribution in [0.1, 0.15) is 26.7 Å². The second-order valence-electron chi connectivity index (χ2n) is 7.67. The number of hydrogen-bond acceptors (Lipinski definition) is 3. The van der Waals surface area contributed by atoms with Crippen molar-refractivity contribution in [2.45, 2.75) is 17.1 Å². The Hall–Kier alpha value is -3.90. The molecule has 4 nitrogen and oxygen atoms in total. The van der Waals surface area contributed by atoms with Gasteiger partial charge >= 0.3 is 0 Å². The molecule has 0 saturated carbocycles. The number of carbonyl (C=O) groups excluding carboxylic acids is 2. The van der Waals surface area contributed by atoms with Crippen molar-refractivity contribution in [2.24, 2.45) is 0 Å². The van der Waals surface area contributed by atoms with E-state index in [1.807, 2.05) is 73.7 Å². The van der Waals surface area contributed by atoms with Crippen molar-refractivity contribution in [3.8, 4) is 0 Å². The van der Waals surface area contributed by atoms with Gasteiger partial charge in [-0.1, -0.05) is 60.7 Å². The van der Waals surface area contributed by atoms with Gasteiger partial charge < -0.3 is 10.6 Å². The topological polar surface area (TPSA) is 58.2 Å². The Morgan fingerprint density at radius 3 is 2.12 bits per heavy atom. The molecule has 0 aliphatic heterocycles. The molecule has 0 saturated heterocycles. The van der Waals surface area contributed by atoms with E-state index in [1.165, 1.54) is 30.0 Å². The standard InChI is InChI=1S/C28H23FN2O2S/c1-19-9-5-8-14-25(19)31-28(33)26(20-10-3-2-4-11-20)34-22-17-15-21(16-18-22)30-27(32)23-12-6-7-13-24(23)29/h2-18,26H,1H3,(H,30,32)(H,31,33). The molecular formula is C28H23FN2O2S. The molecular weight excluding hydrogens is 447 g/mol. The average molecular weight is 471 g/mol. The number of thioether (sulfide) groups is 1. The lowest BCUT2D eigenvalue weighted by atomic mass is 10.1. The Balaban J connectivity index is 1.50. The lowest BCUT2D eigenvalue weighted by Crippen LogP contribution is -2.19. The van der Waals surface area contributed by atoms with Crippen LogP contribution in [0.4, 0.5) is 15.8 Å². The van der Waals surface area contributed by atoms with E-state index in [0.717, 1.165) is 21.7 Å². The van der Waals surface area contributed by atoms with Crippen LogP contribution >= 0.6 is 11.8 Å². The average Bonchev–Trinajstić information content (AvgIpc) is 2.85. The van der Waals surface area contributed by atoms with Crippen molar-refractivity contribution in [3.05, 3.63) is 126 Å². The first-order chi connectivity index (χ1) is 16.5. The largest absolute Gasteiger partial charge is 0.325 e. The number of aryl methyl sites for hydroxylation is 1. The summed E-state index contributed by atoms with van der Waals surface area (Å²) in [6.07, 6.45) is 0. The molecule has 0 aromatic heterocycles. The smallest absolute Gasteiger partial charge is 0.258 e. The lowest BCUT2D eigenvalue weighted by molar-refractivity contribution is -0.115. The molecule has 4 rings (SSSR count). The van der Waals surface area contributed by atoms with Gasteiger partial charge in [0, 0.05) is 16.3 Å². The minimum absolute atomic E-state index is 0.0158. The predicted octanol–water partition coefficient (Wildman–Crippen LogP) is 6.86. The normalized spacial score (nSPS) is 11.5. The molecule has 0 bridgehead atoms. The summed E-state index contributed by atoms with van der Waals surface area (Å²) in [5.41, 5.74) is 3.18. The van der Waals surface area contributed by atoms with Crippen LogP contribution in [0.25, 0.3) is 0 Å². The second kappa shape index (κ2) is 10.8. The van der Waals surface area contributed by atoms with Gasteiger partial charge in [-0.25, -0.2) is 4.39 Å². The maximum Gasteiger partial charge on any atom is 0.258 e. The Morgan fingerprint density at radius 2 is 1.41 bits per heavy atom. The van der Waals surface area contributed by atoms with Crippen molar-refractivity contribution in [1.82, 2.24) is 0 Å². The number of benzene rings is 4. The Morgan fingerprint density at radius 1 is 0.765 bits per heavy atom. The van der Waals surface area contributed by atoms with Crippen LogP contribution < -0.4 is 10.6 Å². The first-order valence-corrected chi connectivity index (χ1v) is 11.6. The van der Waals surface area contributed by atoms with Gasteiger partial charge in [0.1, 0.15) is 11.1 Å². The second-order valence-corrected chi connectivity index (χ2v) is 8.85. The molecule has 0 fully saturated rings. The third-order valence-corrected chi connectivity index (χ3v) is 6.49. The van der Waals surface area contributed by atoms with Crippen molar-refractivity contribution >= 4 is 35.0 Å². The molecule has 0 radical (unpaired) electrons. The van der Waals surface area contributed by atoms with E-state index in [9.17, 15) is 14.0 Å². The first kappa shape index (κ1) is 23.3. The molecule has 1 atom stereocenters. The summed E-state index contributed by atoms with van der Waals surface area (Å²) in [5, 5.41) is 5.27. The number of halogens is 1. The fourth-order valence-electron chi connectivity index (χ4n) is 3.41. The van der Waals surface area contributed by atoms with Gasteiger partial charge in [0.15, 0.2) is 0 Å². The molecule has 34 heavy (non-hydrogen) atoms. The fourth-order valence-corrected chi connectivity index (χ4v) is 4.43. The molecule has 170 valence electrons. The molecule has 6 heteroatoms. The minimum Gasteiger partial charge on any atom is -0.325 e. The number of anilines is 2. The van der Waals surface area contributed by atoms with E-state index in [4.69, 9.17) is 0 Å². The lowest BCUT2D eigenvalue weighted by Gasteiger charge is -2.18. The van der Waals surface area contributed by atoms with Gasteiger partial charge in [-0.15, -0.1) is 11.8 Å². The van der Waals surface area contributed by atoms with E-state index in [2.05, 4.69) is 10.6 Å². The summed E-state index contributed by atoms with van der Waals surface area (Å²) in [7, 11) is 0. The number of hydrogen-bond donors (Lipinski definition) is 2. The molecule has 2 amide bonds. The predicted molar refractivity (Wildman–Crippen MR) is 136 cm³/mol. The summed E-state index contributed by atoms with van der Waals surface area (Å²) in [4.78, 5) is 26.5. The van der Waals surface area contributed by atoms with E-state index in [1.54, 1.807) is 18.2 Å². The van der Waals surface area contributed by atoms with E-state index >= 15 is 0 Å². The zero-order valence-corrected chi connectivity index (χ0v) is 19.3. The molecule has 0 spiro atoms. The zero-order valence-electron chi connectivity index (χ0n) is 18.5. The highest BCUT2D eigenvalue weighted by atomic mass is 32.2. The molecule has 1 unspecified atom stereocenters. The number of carbonyl (C=O) groups is 2. The van der Waals surface area contributed by atoms with Gasteiger partial charge in [-0.2, -0.15) is 0 Å². The molecule has 0 aliphatic carbocycles. The van der Waals surface area contributed by atoms with Crippen LogP contribution in [0.2, 0.25) is 0 Å². The maximum absolute atomic E-state index is 13.9. The number of para-hydroxylation sites is 1. The number of amides is 2. The monoisotopic (exact) mass is 470 g/mol. The molecule has 4 aromatic rings. The Labute approximate surface area is 202 Å². The molecule has 4 aromatic carbocycles. The summed E-state index contributed by atoms with van der Waals surface area (Å²) < 4.78 is 13.9. The first-order valence-electron chi connectivity index (χ1n) is 10.8. The van der Waals surface area contributed by atoms with Crippen LogP contribution in [0, 0.1) is 12.7 Å². The van der Waals surface area contributed by atoms with Crippen molar-refractivity contribution in [3.63, 3.8) is 0 Å². The summed E-state index contributed by atoms with van der Waals surface area (Å²) >= 11 is 1.42. The third-order valence-electron chi connectivity index (χ3n) is 5.23. The maximum atomic E-state index is 13.9. The van der Waals surface area contributed by atoms with Gasteiger partial charge in [0.2, 0.25) is 5.91 Å². The van der Waals surface area contributed by atoms with E-state index in [0.29, 0.717) is 5.69 Å². The van der Waals surface area contributed by atoms with Crippen molar-refractivity contribution in [1.29, 1.82) is 0 Å². The van der Waals surface area contributed by atoms with Gasteiger partial charge in [0.25, 0.3) is 5.91 Å². The van der Waals surface area contributed by atoms with Gasteiger partial charge in [0.05, 0.1) is 5.56 Å². The van der Waals surface area contributed by atoms with Crippen LogP contribution in [0.5, 0.6) is 0 Å². The van der Waals surface area contributed by atoms with Crippen LogP contribution in [-0.4, -0.2) is 11.8 Å². The van der Waals surface area contributed by atoms with Gasteiger partial charge in [-0.3, -0.25) is 9.59 Å². The van der Waals surface area contributed by atoms with E-state index < -0.39 is 17.0 Å². The van der Waals surface area contributed by atoms with E-state index in [-0.39, 0.29) is 11.5 Å². The molecule has 0 aliphatic rings. The Kier molecular flexibility index (Phi) is 7.40. The zero-order chi connectivity index (χ0) is 23.9. The van der Waals surface area contributed by atoms with Crippen LogP contribution in [0.3, 0.4) is 0 Å². The molecule has 0 heterocycles. The minimum atomic E-state index is -0.572. The highest BCUT2D eigenvalue weighted by Crippen LogP contribution is 2.37. The van der Waals surface area contributed by atoms with Gasteiger partial charge in [-0.05, 0) is 60.5 Å². The quantitative estimate of drug-likeness (QED) is 0.290. The highest BCUT2D eigenvalue weighted by molar-refractivity contribution is 8.00. The van der Waals surface area contributed by atoms with Crippen molar-refractivity contribution in [2.75, 3.05) is 10.6 Å². The summed E-state index contributed by atoms with van der Waals surface area (Å²) in [6.45, 7) is 1.95. The van der Waals surface area contributed by atoms with Crippen LogP contribution in [-0.2, 0) is 4.79 Å². The van der Waals surface area contributed by atoms with Crippen LogP contribution in [0.15, 0.2) is 108 Å². The SMILES string of the molecule is Cc1ccccc1NC(=O)C(Sc1ccc(NC(=O)c2ccccc2F)cc1)c1ccccc1. The summed E-state index contributed by atoms with van der Waals surface area (Å²) in [6, 6.07) is 30.2. The Bertz CT molecular complexity index is 1290.